The van der Waals surface area contributed by atoms with Gasteiger partial charge in [0.1, 0.15) is 6.54 Å². The van der Waals surface area contributed by atoms with Crippen LogP contribution in [0.4, 0.5) is 5.69 Å². The van der Waals surface area contributed by atoms with Gasteiger partial charge in [-0.1, -0.05) is 12.1 Å². The van der Waals surface area contributed by atoms with E-state index in [2.05, 4.69) is 4.74 Å². The van der Waals surface area contributed by atoms with Gasteiger partial charge in [-0.2, -0.15) is 4.72 Å². The first-order chi connectivity index (χ1) is 8.88. The van der Waals surface area contributed by atoms with Crippen LogP contribution in [0.5, 0.6) is 0 Å². The Balaban J connectivity index is 2.95. The number of benzene rings is 1. The van der Waals surface area contributed by atoms with Gasteiger partial charge < -0.3 is 4.74 Å². The largest absolute Gasteiger partial charge is 0.465 e. The van der Waals surface area contributed by atoms with E-state index in [4.69, 9.17) is 0 Å². The van der Waals surface area contributed by atoms with Gasteiger partial charge in [-0.05, 0) is 13.0 Å². The number of para-hydroxylation sites is 1. The van der Waals surface area contributed by atoms with Crippen LogP contribution in [-0.2, 0) is 19.6 Å². The minimum atomic E-state index is -4.14. The molecule has 0 bridgehead atoms. The van der Waals surface area contributed by atoms with E-state index in [1.807, 2.05) is 4.72 Å². The third kappa shape index (κ3) is 4.00. The summed E-state index contributed by atoms with van der Waals surface area (Å²) in [6, 6.07) is 4.86. The zero-order valence-corrected chi connectivity index (χ0v) is 10.8. The number of carbonyl (C=O) groups is 1. The van der Waals surface area contributed by atoms with E-state index in [-0.39, 0.29) is 6.61 Å². The van der Waals surface area contributed by atoms with Crippen LogP contribution in [0.25, 0.3) is 0 Å². The lowest BCUT2D eigenvalue weighted by molar-refractivity contribution is -0.387. The van der Waals surface area contributed by atoms with Crippen LogP contribution >= 0.6 is 0 Å². The predicted octanol–water partition coefficient (Wildman–Crippen LogP) is 0.436. The fourth-order valence-electron chi connectivity index (χ4n) is 1.28. The third-order valence-corrected chi connectivity index (χ3v) is 3.51. The molecule has 0 fully saturated rings. The SMILES string of the molecule is CCOC(=O)CNS(=O)(=O)c1ccccc1[N+](=O)[O-]. The molecule has 0 heterocycles. The maximum atomic E-state index is 11.8. The smallest absolute Gasteiger partial charge is 0.321 e. The maximum absolute atomic E-state index is 11.8. The number of nitrogens with zero attached hydrogens (tertiary/aromatic N) is 1. The maximum Gasteiger partial charge on any atom is 0.321 e. The normalized spacial score (nSPS) is 11.0. The quantitative estimate of drug-likeness (QED) is 0.461. The van der Waals surface area contributed by atoms with Gasteiger partial charge >= 0.3 is 5.97 Å². The molecule has 8 nitrogen and oxygen atoms in total. The average Bonchev–Trinajstić information content (AvgIpc) is 2.37. The van der Waals surface area contributed by atoms with Crippen molar-refractivity contribution >= 4 is 21.7 Å². The van der Waals surface area contributed by atoms with E-state index in [1.54, 1.807) is 6.92 Å². The summed E-state index contributed by atoms with van der Waals surface area (Å²) >= 11 is 0. The number of esters is 1. The highest BCUT2D eigenvalue weighted by Gasteiger charge is 2.25. The fraction of sp³-hybridized carbons (Fsp3) is 0.300. The topological polar surface area (TPSA) is 116 Å². The molecule has 1 aromatic carbocycles. The van der Waals surface area contributed by atoms with Gasteiger partial charge in [0, 0.05) is 6.07 Å². The summed E-state index contributed by atoms with van der Waals surface area (Å²) in [5.74, 6) is -0.760. The standard InChI is InChI=1S/C10H12N2O6S/c1-2-18-10(13)7-11-19(16,17)9-6-4-3-5-8(9)12(14)15/h3-6,11H,2,7H2,1H3. The van der Waals surface area contributed by atoms with Gasteiger partial charge in [0.15, 0.2) is 4.90 Å². The molecule has 0 aliphatic rings. The molecule has 9 heteroatoms. The summed E-state index contributed by atoms with van der Waals surface area (Å²) in [6.07, 6.45) is 0. The van der Waals surface area contributed by atoms with Crippen molar-refractivity contribution < 1.29 is 22.9 Å². The molecular formula is C10H12N2O6S. The summed E-state index contributed by atoms with van der Waals surface area (Å²) in [5, 5.41) is 10.7. The average molecular weight is 288 g/mol. The second-order valence-electron chi connectivity index (χ2n) is 3.35. The number of hydrogen-bond donors (Lipinski definition) is 1. The number of rotatable bonds is 6. The van der Waals surface area contributed by atoms with Gasteiger partial charge in [-0.15, -0.1) is 0 Å². The molecule has 0 atom stereocenters. The highest BCUT2D eigenvalue weighted by molar-refractivity contribution is 7.89. The van der Waals surface area contributed by atoms with Crippen molar-refractivity contribution in [3.63, 3.8) is 0 Å². The number of nitro benzene ring substituents is 1. The van der Waals surface area contributed by atoms with Crippen LogP contribution in [0, 0.1) is 10.1 Å². The molecule has 0 aliphatic carbocycles. The molecule has 0 aromatic heterocycles. The first-order valence-corrected chi connectivity index (χ1v) is 6.75. The monoisotopic (exact) mass is 288 g/mol. The van der Waals surface area contributed by atoms with Gasteiger partial charge in [0.2, 0.25) is 10.0 Å². The van der Waals surface area contributed by atoms with Crippen molar-refractivity contribution in [2.75, 3.05) is 13.2 Å². The number of nitro groups is 1. The molecule has 19 heavy (non-hydrogen) atoms. The van der Waals surface area contributed by atoms with Crippen molar-refractivity contribution in [2.24, 2.45) is 0 Å². The zero-order valence-electron chi connectivity index (χ0n) is 10.0. The Bertz CT molecular complexity index is 583. The van der Waals surface area contributed by atoms with Crippen LogP contribution in [0.3, 0.4) is 0 Å². The molecule has 1 rings (SSSR count). The number of ether oxygens (including phenoxy) is 1. The Kier molecular flexibility index (Phi) is 4.95. The Hall–Kier alpha value is -2.00. The molecule has 1 N–H and O–H groups in total. The Morgan fingerprint density at radius 2 is 2.05 bits per heavy atom. The molecule has 0 unspecified atom stereocenters. The third-order valence-electron chi connectivity index (χ3n) is 2.06. The van der Waals surface area contributed by atoms with Crippen molar-refractivity contribution in [1.82, 2.24) is 4.72 Å². The predicted molar refractivity (Wildman–Crippen MR) is 64.9 cm³/mol. The molecule has 0 aliphatic heterocycles. The minimum absolute atomic E-state index is 0.117. The molecule has 0 spiro atoms. The van der Waals surface area contributed by atoms with Crippen molar-refractivity contribution in [1.29, 1.82) is 0 Å². The van der Waals surface area contributed by atoms with Crippen LogP contribution in [0.2, 0.25) is 0 Å². The lowest BCUT2D eigenvalue weighted by Gasteiger charge is -2.06. The summed E-state index contributed by atoms with van der Waals surface area (Å²) < 4.78 is 30.2. The molecule has 0 radical (unpaired) electrons. The van der Waals surface area contributed by atoms with Crippen LogP contribution in [0.15, 0.2) is 29.2 Å². The zero-order chi connectivity index (χ0) is 14.5. The van der Waals surface area contributed by atoms with E-state index >= 15 is 0 Å². The molecule has 104 valence electrons. The summed E-state index contributed by atoms with van der Waals surface area (Å²) in [7, 11) is -4.14. The van der Waals surface area contributed by atoms with Gasteiger partial charge in [0.25, 0.3) is 5.69 Å². The highest BCUT2D eigenvalue weighted by Crippen LogP contribution is 2.22. The first-order valence-electron chi connectivity index (χ1n) is 5.27. The van der Waals surface area contributed by atoms with Crippen LogP contribution < -0.4 is 4.72 Å². The minimum Gasteiger partial charge on any atom is -0.465 e. The van der Waals surface area contributed by atoms with Crippen LogP contribution in [-0.4, -0.2) is 32.5 Å². The number of nitrogens with one attached hydrogen (secondary N) is 1. The van der Waals surface area contributed by atoms with Crippen molar-refractivity contribution in [2.45, 2.75) is 11.8 Å². The van der Waals surface area contributed by atoms with E-state index < -0.39 is 38.0 Å². The second-order valence-corrected chi connectivity index (χ2v) is 5.09. The number of hydrogen-bond acceptors (Lipinski definition) is 6. The molecule has 1 aromatic rings. The lowest BCUT2D eigenvalue weighted by atomic mass is 10.3. The first kappa shape index (κ1) is 15.1. The van der Waals surface area contributed by atoms with Gasteiger partial charge in [0.05, 0.1) is 11.5 Å². The fourth-order valence-corrected chi connectivity index (χ4v) is 2.42. The number of sulfonamides is 1. The van der Waals surface area contributed by atoms with Gasteiger partial charge in [-0.3, -0.25) is 14.9 Å². The molecule has 0 saturated heterocycles. The molecular weight excluding hydrogens is 276 g/mol. The summed E-state index contributed by atoms with van der Waals surface area (Å²) in [6.45, 7) is 1.11. The summed E-state index contributed by atoms with van der Waals surface area (Å²) in [5.41, 5.74) is -0.557. The molecule has 0 amide bonds. The second kappa shape index (κ2) is 6.25. The summed E-state index contributed by atoms with van der Waals surface area (Å²) in [4.78, 5) is 20.5. The van der Waals surface area contributed by atoms with Crippen molar-refractivity contribution in [3.05, 3.63) is 34.4 Å². The number of carbonyl (C=O) groups excluding carboxylic acids is 1. The van der Waals surface area contributed by atoms with E-state index in [0.29, 0.717) is 0 Å². The highest BCUT2D eigenvalue weighted by atomic mass is 32.2. The Morgan fingerprint density at radius 3 is 2.63 bits per heavy atom. The van der Waals surface area contributed by atoms with E-state index in [9.17, 15) is 23.3 Å². The van der Waals surface area contributed by atoms with Gasteiger partial charge in [-0.25, -0.2) is 8.42 Å². The Morgan fingerprint density at radius 1 is 1.42 bits per heavy atom. The lowest BCUT2D eigenvalue weighted by Crippen LogP contribution is -2.31. The Labute approximate surface area is 109 Å². The van der Waals surface area contributed by atoms with Crippen LogP contribution in [0.1, 0.15) is 6.92 Å². The van der Waals surface area contributed by atoms with Crippen molar-refractivity contribution in [3.8, 4) is 0 Å². The molecule has 0 saturated carbocycles. The van der Waals surface area contributed by atoms with E-state index in [0.717, 1.165) is 12.1 Å². The van der Waals surface area contributed by atoms with E-state index in [1.165, 1.54) is 12.1 Å².